The Labute approximate surface area is 208 Å². The summed E-state index contributed by atoms with van der Waals surface area (Å²) in [6.07, 6.45) is -1.55. The Balaban J connectivity index is 1.43. The first kappa shape index (κ1) is 25.7. The molecule has 1 saturated heterocycles. The molecule has 34 heavy (non-hydrogen) atoms. The molecule has 0 spiro atoms. The highest BCUT2D eigenvalue weighted by Crippen LogP contribution is 2.47. The van der Waals surface area contributed by atoms with E-state index in [-0.39, 0.29) is 0 Å². The lowest BCUT2D eigenvalue weighted by Crippen LogP contribution is -2.47. The molecular weight excluding hydrogens is 501 g/mol. The predicted molar refractivity (Wildman–Crippen MR) is 134 cm³/mol. The third-order valence-corrected chi connectivity index (χ3v) is 9.41. The molecule has 184 valence electrons. The van der Waals surface area contributed by atoms with E-state index in [2.05, 4.69) is 15.9 Å². The first-order valence-electron chi connectivity index (χ1n) is 11.1. The van der Waals surface area contributed by atoms with Gasteiger partial charge in [-0.1, -0.05) is 36.0 Å². The smallest absolute Gasteiger partial charge is 0.300 e. The number of benzene rings is 2. The standard InChI is InChI=1S/C24H27F3N2O2S3/c1-31-34(30,32)16-15-29-13-11-28(12-14-29)10-4-6-19-20-5-2-3-7-22(20)33-23-9-8-18(17-21(19)23)24(25,26)27/h2-3,5-9,17H,4,10-16H2,1H3/b19-6+. The van der Waals surface area contributed by atoms with Crippen molar-refractivity contribution in [2.24, 2.45) is 0 Å². The zero-order valence-corrected chi connectivity index (χ0v) is 21.3. The molecule has 0 N–H and O–H groups in total. The molecule has 10 heteroatoms. The second kappa shape index (κ2) is 10.7. The Bertz CT molecular complexity index is 1160. The van der Waals surface area contributed by atoms with Gasteiger partial charge in [-0.15, -0.1) is 0 Å². The Hall–Kier alpha value is -1.43. The van der Waals surface area contributed by atoms with Crippen LogP contribution in [0.3, 0.4) is 0 Å². The quantitative estimate of drug-likeness (QED) is 0.433. The van der Waals surface area contributed by atoms with Crippen molar-refractivity contribution in [2.75, 3.05) is 52.1 Å². The first-order valence-corrected chi connectivity index (χ1v) is 14.5. The Kier molecular flexibility index (Phi) is 8.06. The van der Waals surface area contributed by atoms with Crippen LogP contribution in [-0.2, 0) is 30.3 Å². The number of fused-ring (bicyclic) bond motifs is 2. The van der Waals surface area contributed by atoms with Gasteiger partial charge in [-0.3, -0.25) is 9.08 Å². The molecule has 1 atom stereocenters. The lowest BCUT2D eigenvalue weighted by Gasteiger charge is -2.34. The third-order valence-electron chi connectivity index (χ3n) is 6.16. The van der Waals surface area contributed by atoms with Crippen LogP contribution in [0.4, 0.5) is 13.2 Å². The van der Waals surface area contributed by atoms with E-state index in [4.69, 9.17) is 15.4 Å². The normalized spacial score (nSPS) is 20.1. The molecule has 0 aromatic heterocycles. The third kappa shape index (κ3) is 6.22. The average Bonchev–Trinajstić information content (AvgIpc) is 2.82. The monoisotopic (exact) mass is 528 g/mol. The molecule has 2 aromatic rings. The summed E-state index contributed by atoms with van der Waals surface area (Å²) < 4.78 is 56.9. The summed E-state index contributed by atoms with van der Waals surface area (Å²) in [7, 11) is -1.24. The number of nitrogens with zero attached hydrogens (tertiary/aromatic N) is 2. The van der Waals surface area contributed by atoms with Crippen LogP contribution in [0.5, 0.6) is 0 Å². The van der Waals surface area contributed by atoms with E-state index in [1.165, 1.54) is 24.9 Å². The largest absolute Gasteiger partial charge is 0.416 e. The van der Waals surface area contributed by atoms with Gasteiger partial charge >= 0.3 is 6.18 Å². The molecule has 2 heterocycles. The van der Waals surface area contributed by atoms with Crippen LogP contribution in [0.15, 0.2) is 58.3 Å². The van der Waals surface area contributed by atoms with Crippen LogP contribution in [0, 0.1) is 0 Å². The molecule has 0 amide bonds. The highest BCUT2D eigenvalue weighted by atomic mass is 32.8. The Morgan fingerprint density at radius 2 is 1.68 bits per heavy atom. The van der Waals surface area contributed by atoms with E-state index in [0.717, 1.165) is 66.1 Å². The lowest BCUT2D eigenvalue weighted by atomic mass is 9.94. The first-order chi connectivity index (χ1) is 16.2. The zero-order valence-electron chi connectivity index (χ0n) is 18.8. The fraction of sp³-hybridized carbons (Fsp3) is 0.417. The number of piperazine rings is 1. The zero-order chi connectivity index (χ0) is 24.3. The summed E-state index contributed by atoms with van der Waals surface area (Å²) in [5.41, 5.74) is 1.88. The van der Waals surface area contributed by atoms with Crippen LogP contribution in [-0.4, -0.2) is 66.1 Å². The summed E-state index contributed by atoms with van der Waals surface area (Å²) in [6.45, 7) is 4.98. The molecule has 4 nitrogen and oxygen atoms in total. The summed E-state index contributed by atoms with van der Waals surface area (Å²) in [4.78, 5) is 6.50. The van der Waals surface area contributed by atoms with Crippen molar-refractivity contribution in [3.63, 3.8) is 0 Å². The van der Waals surface area contributed by atoms with Crippen molar-refractivity contribution in [3.8, 4) is 0 Å². The van der Waals surface area contributed by atoms with E-state index in [9.17, 15) is 17.4 Å². The highest BCUT2D eigenvalue weighted by Gasteiger charge is 2.32. The molecule has 0 aliphatic carbocycles. The van der Waals surface area contributed by atoms with Crippen LogP contribution in [0.1, 0.15) is 23.1 Å². The molecular formula is C24H27F3N2O2S3. The molecule has 1 unspecified atom stereocenters. The Morgan fingerprint density at radius 1 is 1.03 bits per heavy atom. The molecule has 4 rings (SSSR count). The van der Waals surface area contributed by atoms with Crippen molar-refractivity contribution in [1.29, 1.82) is 0 Å². The second-order valence-corrected chi connectivity index (χ2v) is 12.8. The minimum Gasteiger partial charge on any atom is -0.300 e. The van der Waals surface area contributed by atoms with Gasteiger partial charge in [0, 0.05) is 60.2 Å². The van der Waals surface area contributed by atoms with Gasteiger partial charge in [-0.25, -0.2) is 4.21 Å². The van der Waals surface area contributed by atoms with Gasteiger partial charge in [0.05, 0.1) is 18.4 Å². The fourth-order valence-corrected chi connectivity index (χ4v) is 6.18. The summed E-state index contributed by atoms with van der Waals surface area (Å²) in [5, 5.41) is 0. The summed E-state index contributed by atoms with van der Waals surface area (Å²) in [6, 6.07) is 11.9. The van der Waals surface area contributed by atoms with Gasteiger partial charge in [0.1, 0.15) is 8.77 Å². The number of hydrogen-bond acceptors (Lipinski definition) is 6. The molecule has 2 aliphatic rings. The van der Waals surface area contributed by atoms with Crippen molar-refractivity contribution in [2.45, 2.75) is 22.4 Å². The van der Waals surface area contributed by atoms with E-state index >= 15 is 0 Å². The average molecular weight is 529 g/mol. The van der Waals surface area contributed by atoms with Gasteiger partial charge in [0.2, 0.25) is 0 Å². The van der Waals surface area contributed by atoms with Gasteiger partial charge < -0.3 is 4.90 Å². The second-order valence-electron chi connectivity index (χ2n) is 8.33. The topological polar surface area (TPSA) is 32.8 Å². The maximum absolute atomic E-state index is 13.4. The number of halogens is 3. The minimum absolute atomic E-state index is 0.349. The lowest BCUT2D eigenvalue weighted by molar-refractivity contribution is -0.137. The van der Waals surface area contributed by atoms with Crippen molar-refractivity contribution in [3.05, 3.63) is 65.2 Å². The SMILES string of the molecule is COS(=O)(=S)CCN1CCN(CC/C=C2\c3ccccc3Sc3ccc(C(F)(F)F)cc32)CC1. The highest BCUT2D eigenvalue weighted by molar-refractivity contribution is 8.30. The molecule has 0 bridgehead atoms. The molecule has 2 aliphatic heterocycles. The number of alkyl halides is 3. The number of rotatable bonds is 7. The van der Waals surface area contributed by atoms with Crippen LogP contribution in [0.2, 0.25) is 0 Å². The Morgan fingerprint density at radius 3 is 2.35 bits per heavy atom. The summed E-state index contributed by atoms with van der Waals surface area (Å²) in [5.74, 6) is 0.349. The maximum Gasteiger partial charge on any atom is 0.416 e. The fourth-order valence-electron chi connectivity index (χ4n) is 4.22. The number of hydrogen-bond donors (Lipinski definition) is 0. The van der Waals surface area contributed by atoms with Crippen LogP contribution in [0.25, 0.3) is 5.57 Å². The maximum atomic E-state index is 13.4. The van der Waals surface area contributed by atoms with Gasteiger partial charge in [-0.05, 0) is 47.4 Å². The van der Waals surface area contributed by atoms with Crippen LogP contribution >= 0.6 is 11.8 Å². The van der Waals surface area contributed by atoms with E-state index in [1.54, 1.807) is 6.07 Å². The van der Waals surface area contributed by atoms with Crippen molar-refractivity contribution >= 4 is 37.3 Å². The van der Waals surface area contributed by atoms with Crippen LogP contribution < -0.4 is 0 Å². The minimum atomic E-state index is -4.37. The molecule has 0 saturated carbocycles. The molecule has 0 radical (unpaired) electrons. The van der Waals surface area contributed by atoms with E-state index in [0.29, 0.717) is 17.9 Å². The summed E-state index contributed by atoms with van der Waals surface area (Å²) >= 11 is 6.45. The van der Waals surface area contributed by atoms with E-state index < -0.39 is 20.5 Å². The predicted octanol–water partition coefficient (Wildman–Crippen LogP) is 4.92. The van der Waals surface area contributed by atoms with Gasteiger partial charge in [-0.2, -0.15) is 13.2 Å². The van der Waals surface area contributed by atoms with Gasteiger partial charge in [0.15, 0.2) is 0 Å². The van der Waals surface area contributed by atoms with Gasteiger partial charge in [0.25, 0.3) is 0 Å². The molecule has 2 aromatic carbocycles. The van der Waals surface area contributed by atoms with E-state index in [1.807, 2.05) is 24.3 Å². The molecule has 1 fully saturated rings. The van der Waals surface area contributed by atoms with Crippen molar-refractivity contribution < 1.29 is 21.6 Å². The van der Waals surface area contributed by atoms with Crippen molar-refractivity contribution in [1.82, 2.24) is 9.80 Å².